The number of carbonyl (C=O) groups excluding carboxylic acids is 2. The molecule has 2 aliphatic rings. The summed E-state index contributed by atoms with van der Waals surface area (Å²) in [7, 11) is 1.70. The summed E-state index contributed by atoms with van der Waals surface area (Å²) in [5.74, 6) is 0.193. The Morgan fingerprint density at radius 2 is 1.69 bits per heavy atom. The van der Waals surface area contributed by atoms with Gasteiger partial charge >= 0.3 is 0 Å². The highest BCUT2D eigenvalue weighted by Crippen LogP contribution is 2.30. The first-order chi connectivity index (χ1) is 23.5. The van der Waals surface area contributed by atoms with Crippen LogP contribution in [0.2, 0.25) is 0 Å². The molecular formula is C39H46N6O4. The number of aromatic nitrogens is 2. The van der Waals surface area contributed by atoms with Gasteiger partial charge in [0.15, 0.2) is 0 Å². The second kappa shape index (κ2) is 14.4. The number of hydrogen-bond donors (Lipinski definition) is 2. The van der Waals surface area contributed by atoms with Crippen LogP contribution in [0.5, 0.6) is 0 Å². The Morgan fingerprint density at radius 3 is 2.39 bits per heavy atom. The molecule has 2 aromatic heterocycles. The molecule has 256 valence electrons. The van der Waals surface area contributed by atoms with Gasteiger partial charge in [-0.05, 0) is 91.4 Å². The Bertz CT molecular complexity index is 1870. The van der Waals surface area contributed by atoms with Gasteiger partial charge in [-0.1, -0.05) is 45.0 Å². The molecule has 4 aromatic rings. The van der Waals surface area contributed by atoms with Gasteiger partial charge in [-0.15, -0.1) is 0 Å². The van der Waals surface area contributed by atoms with Crippen molar-refractivity contribution in [2.45, 2.75) is 52.1 Å². The van der Waals surface area contributed by atoms with E-state index in [1.165, 1.54) is 17.4 Å². The minimum atomic E-state index is -0.219. The number of aryl methyl sites for hydroxylation is 1. The summed E-state index contributed by atoms with van der Waals surface area (Å²) in [4.78, 5) is 48.4. The number of carbonyl (C=O) groups is 2. The topological polar surface area (TPSA) is 109 Å². The van der Waals surface area contributed by atoms with Crippen LogP contribution in [0.1, 0.15) is 65.5 Å². The summed E-state index contributed by atoms with van der Waals surface area (Å²) >= 11 is 0. The lowest BCUT2D eigenvalue weighted by molar-refractivity contribution is -0.0333. The summed E-state index contributed by atoms with van der Waals surface area (Å²) in [6.45, 7) is 13.1. The fourth-order valence-electron chi connectivity index (χ4n) is 6.53. The first kappa shape index (κ1) is 34.1. The second-order valence-corrected chi connectivity index (χ2v) is 14.1. The van der Waals surface area contributed by atoms with Gasteiger partial charge in [0.05, 0.1) is 18.3 Å². The number of nitrogens with zero attached hydrogens (tertiary/aromatic N) is 4. The summed E-state index contributed by atoms with van der Waals surface area (Å²) in [6.07, 6.45) is 5.79. The average Bonchev–Trinajstić information content (AvgIpc) is 3.60. The molecule has 0 bridgehead atoms. The molecule has 2 N–H and O–H groups in total. The average molecular weight is 663 g/mol. The molecule has 2 fully saturated rings. The van der Waals surface area contributed by atoms with Gasteiger partial charge in [-0.2, -0.15) is 0 Å². The SMILES string of the molecule is Cc1c(NC(=O)c2ccc(C(C)(C)C)cc2)cccc1-c1cc(Nc2ccc(C(=O)N3CCOC(CN4CCCC4)C3)cn2)c(=O)n(C)c1. The minimum Gasteiger partial charge on any atom is -0.373 e. The molecule has 49 heavy (non-hydrogen) atoms. The van der Waals surface area contributed by atoms with Gasteiger partial charge in [0, 0.05) is 55.9 Å². The predicted octanol–water partition coefficient (Wildman–Crippen LogP) is 5.99. The van der Waals surface area contributed by atoms with Gasteiger partial charge in [0.2, 0.25) is 0 Å². The van der Waals surface area contributed by atoms with Crippen LogP contribution in [0.15, 0.2) is 77.9 Å². The Labute approximate surface area is 288 Å². The summed E-state index contributed by atoms with van der Waals surface area (Å²) < 4.78 is 7.48. The number of amides is 2. The van der Waals surface area contributed by atoms with Crippen molar-refractivity contribution in [2.75, 3.05) is 50.0 Å². The maximum Gasteiger partial charge on any atom is 0.274 e. The van der Waals surface area contributed by atoms with E-state index in [1.807, 2.05) is 54.3 Å². The summed E-state index contributed by atoms with van der Waals surface area (Å²) in [6, 6.07) is 18.7. The Morgan fingerprint density at radius 1 is 0.959 bits per heavy atom. The summed E-state index contributed by atoms with van der Waals surface area (Å²) in [5.41, 5.74) is 5.61. The Kier molecular flexibility index (Phi) is 9.99. The zero-order valence-corrected chi connectivity index (χ0v) is 29.1. The maximum absolute atomic E-state index is 13.3. The van der Waals surface area contributed by atoms with E-state index < -0.39 is 0 Å². The smallest absolute Gasteiger partial charge is 0.274 e. The van der Waals surface area contributed by atoms with Crippen molar-refractivity contribution in [2.24, 2.45) is 7.05 Å². The van der Waals surface area contributed by atoms with Crippen LogP contribution in [0.25, 0.3) is 11.1 Å². The lowest BCUT2D eigenvalue weighted by Gasteiger charge is -2.34. The van der Waals surface area contributed by atoms with Crippen molar-refractivity contribution >= 4 is 29.0 Å². The number of morpholine rings is 1. The molecule has 2 amide bonds. The normalized spacial score (nSPS) is 16.8. The predicted molar refractivity (Wildman–Crippen MR) is 194 cm³/mol. The van der Waals surface area contributed by atoms with Crippen LogP contribution in [0.3, 0.4) is 0 Å². The molecule has 1 atom stereocenters. The van der Waals surface area contributed by atoms with E-state index in [9.17, 15) is 14.4 Å². The molecule has 2 saturated heterocycles. The van der Waals surface area contributed by atoms with Gasteiger partial charge in [-0.3, -0.25) is 14.4 Å². The molecule has 0 saturated carbocycles. The zero-order chi connectivity index (χ0) is 34.7. The molecular weight excluding hydrogens is 616 g/mol. The van der Waals surface area contributed by atoms with Crippen LogP contribution in [0.4, 0.5) is 17.2 Å². The van der Waals surface area contributed by atoms with Gasteiger partial charge in [0.1, 0.15) is 11.5 Å². The number of anilines is 3. The number of pyridine rings is 2. The van der Waals surface area contributed by atoms with Crippen molar-refractivity contribution in [1.29, 1.82) is 0 Å². The zero-order valence-electron chi connectivity index (χ0n) is 29.1. The number of ether oxygens (including phenoxy) is 1. The fourth-order valence-corrected chi connectivity index (χ4v) is 6.53. The molecule has 2 aromatic carbocycles. The van der Waals surface area contributed by atoms with Gasteiger partial charge in [-0.25, -0.2) is 4.98 Å². The molecule has 10 nitrogen and oxygen atoms in total. The number of rotatable bonds is 8. The Balaban J connectivity index is 1.15. The largest absolute Gasteiger partial charge is 0.373 e. The van der Waals surface area contributed by atoms with Crippen molar-refractivity contribution in [3.05, 3.63) is 106 Å². The first-order valence-corrected chi connectivity index (χ1v) is 17.0. The molecule has 6 rings (SSSR count). The number of likely N-dealkylation sites (tertiary alicyclic amines) is 1. The minimum absolute atomic E-state index is 0.00200. The van der Waals surface area contributed by atoms with Crippen molar-refractivity contribution in [3.8, 4) is 11.1 Å². The quantitative estimate of drug-likeness (QED) is 0.239. The molecule has 2 aliphatic heterocycles. The van der Waals surface area contributed by atoms with Crippen LogP contribution in [-0.2, 0) is 17.2 Å². The highest BCUT2D eigenvalue weighted by atomic mass is 16.5. The first-order valence-electron chi connectivity index (χ1n) is 17.0. The van der Waals surface area contributed by atoms with E-state index in [-0.39, 0.29) is 28.9 Å². The second-order valence-electron chi connectivity index (χ2n) is 14.1. The number of hydrogen-bond acceptors (Lipinski definition) is 7. The van der Waals surface area contributed by atoms with Crippen LogP contribution < -0.4 is 16.2 Å². The third kappa shape index (κ3) is 7.92. The number of benzene rings is 2. The van der Waals surface area contributed by atoms with Crippen LogP contribution in [-0.4, -0.2) is 76.6 Å². The molecule has 0 aliphatic carbocycles. The van der Waals surface area contributed by atoms with E-state index in [2.05, 4.69) is 41.3 Å². The van der Waals surface area contributed by atoms with Gasteiger partial charge in [0.25, 0.3) is 17.4 Å². The molecule has 0 spiro atoms. The van der Waals surface area contributed by atoms with E-state index >= 15 is 0 Å². The molecule has 1 unspecified atom stereocenters. The highest BCUT2D eigenvalue weighted by Gasteiger charge is 2.27. The third-order valence-corrected chi connectivity index (χ3v) is 9.45. The lowest BCUT2D eigenvalue weighted by Crippen LogP contribution is -2.49. The molecule has 0 radical (unpaired) electrons. The highest BCUT2D eigenvalue weighted by molar-refractivity contribution is 6.05. The maximum atomic E-state index is 13.3. The van der Waals surface area contributed by atoms with E-state index in [4.69, 9.17) is 4.74 Å². The van der Waals surface area contributed by atoms with Crippen LogP contribution >= 0.6 is 0 Å². The lowest BCUT2D eigenvalue weighted by atomic mass is 9.86. The van der Waals surface area contributed by atoms with Gasteiger partial charge < -0.3 is 29.7 Å². The Hall–Kier alpha value is -4.80. The van der Waals surface area contributed by atoms with E-state index in [0.29, 0.717) is 48.0 Å². The third-order valence-electron chi connectivity index (χ3n) is 9.45. The fraction of sp³-hybridized carbons (Fsp3) is 0.385. The standard InChI is InChI=1S/C39H46N6O4/c1-26-32(9-8-10-33(26)42-36(46)27-11-14-30(15-12-27)39(2,3)4)29-21-34(38(48)43(5)23-29)41-35-16-13-28(22-40-35)37(47)45-19-20-49-31(25-45)24-44-17-6-7-18-44/h8-16,21-23,31H,6-7,17-20,24-25H2,1-5H3,(H,40,41)(H,42,46). The van der Waals surface area contributed by atoms with Crippen molar-refractivity contribution < 1.29 is 14.3 Å². The number of nitrogens with one attached hydrogen (secondary N) is 2. The van der Waals surface area contributed by atoms with Crippen molar-refractivity contribution in [3.63, 3.8) is 0 Å². The van der Waals surface area contributed by atoms with E-state index in [1.54, 1.807) is 37.6 Å². The molecule has 10 heteroatoms. The monoisotopic (exact) mass is 662 g/mol. The van der Waals surface area contributed by atoms with E-state index in [0.717, 1.165) is 41.9 Å². The van der Waals surface area contributed by atoms with Crippen molar-refractivity contribution in [1.82, 2.24) is 19.4 Å². The molecule has 4 heterocycles. The van der Waals surface area contributed by atoms with Crippen LogP contribution in [0, 0.1) is 6.92 Å². The summed E-state index contributed by atoms with van der Waals surface area (Å²) in [5, 5.41) is 6.21.